The molecular formula is C20H25IN4O2. The molecule has 0 aliphatic rings. The maximum Gasteiger partial charge on any atom is 0.191 e. The van der Waals surface area contributed by atoms with Gasteiger partial charge in [0.2, 0.25) is 0 Å². The predicted octanol–water partition coefficient (Wildman–Crippen LogP) is 3.67. The minimum atomic E-state index is 0. The number of aromatic amines is 1. The van der Waals surface area contributed by atoms with E-state index in [-0.39, 0.29) is 24.0 Å². The molecule has 0 aliphatic heterocycles. The van der Waals surface area contributed by atoms with Crippen molar-refractivity contribution < 1.29 is 9.47 Å². The third-order valence-electron chi connectivity index (χ3n) is 4.20. The Morgan fingerprint density at radius 3 is 2.48 bits per heavy atom. The van der Waals surface area contributed by atoms with Gasteiger partial charge >= 0.3 is 0 Å². The molecule has 3 N–H and O–H groups in total. The van der Waals surface area contributed by atoms with Crippen molar-refractivity contribution in [2.75, 3.05) is 21.3 Å². The zero-order valence-electron chi connectivity index (χ0n) is 15.7. The van der Waals surface area contributed by atoms with Crippen molar-refractivity contribution in [1.82, 2.24) is 15.6 Å². The van der Waals surface area contributed by atoms with Gasteiger partial charge in [0, 0.05) is 36.4 Å². The van der Waals surface area contributed by atoms with Crippen LogP contribution >= 0.6 is 24.0 Å². The van der Waals surface area contributed by atoms with Gasteiger partial charge in [0.1, 0.15) is 11.5 Å². The van der Waals surface area contributed by atoms with Gasteiger partial charge in [0.05, 0.1) is 20.8 Å². The van der Waals surface area contributed by atoms with E-state index in [4.69, 9.17) is 9.47 Å². The molecule has 0 saturated heterocycles. The SMILES string of the molecule is CN=C(NCc1cc2ccccc2[nH]1)NCc1ccc(OC)cc1OC.I. The van der Waals surface area contributed by atoms with Crippen molar-refractivity contribution in [2.45, 2.75) is 13.1 Å². The molecule has 3 rings (SSSR count). The number of guanidine groups is 1. The number of nitrogens with zero attached hydrogens (tertiary/aromatic N) is 1. The Morgan fingerprint density at radius 1 is 1.00 bits per heavy atom. The third kappa shape index (κ3) is 5.29. The van der Waals surface area contributed by atoms with Gasteiger partial charge in [0.15, 0.2) is 5.96 Å². The number of rotatable bonds is 6. The summed E-state index contributed by atoms with van der Waals surface area (Å²) in [7, 11) is 5.05. The molecule has 0 fully saturated rings. The number of aliphatic imine (C=N–C) groups is 1. The van der Waals surface area contributed by atoms with Crippen LogP contribution in [0.3, 0.4) is 0 Å². The van der Waals surface area contributed by atoms with Gasteiger partial charge in [-0.3, -0.25) is 4.99 Å². The van der Waals surface area contributed by atoms with Gasteiger partial charge in [-0.05, 0) is 29.7 Å². The number of hydrogen-bond donors (Lipinski definition) is 3. The Hall–Kier alpha value is -2.42. The zero-order chi connectivity index (χ0) is 18.4. The lowest BCUT2D eigenvalue weighted by atomic mass is 10.2. The summed E-state index contributed by atoms with van der Waals surface area (Å²) < 4.78 is 10.7. The summed E-state index contributed by atoms with van der Waals surface area (Å²) in [5, 5.41) is 7.83. The van der Waals surface area contributed by atoms with Gasteiger partial charge in [-0.25, -0.2) is 0 Å². The number of benzene rings is 2. The highest BCUT2D eigenvalue weighted by Crippen LogP contribution is 2.24. The normalized spacial score (nSPS) is 11.0. The number of ether oxygens (including phenoxy) is 2. The second kappa shape index (κ2) is 10.1. The van der Waals surface area contributed by atoms with Crippen LogP contribution in [-0.2, 0) is 13.1 Å². The fourth-order valence-corrected chi connectivity index (χ4v) is 2.81. The smallest absolute Gasteiger partial charge is 0.191 e. The summed E-state index contributed by atoms with van der Waals surface area (Å²) in [6.07, 6.45) is 0. The van der Waals surface area contributed by atoms with Crippen LogP contribution in [0.2, 0.25) is 0 Å². The number of hydrogen-bond acceptors (Lipinski definition) is 3. The zero-order valence-corrected chi connectivity index (χ0v) is 18.0. The Balaban J connectivity index is 0.00000261. The lowest BCUT2D eigenvalue weighted by molar-refractivity contribution is 0.390. The average molecular weight is 480 g/mol. The average Bonchev–Trinajstić information content (AvgIpc) is 3.11. The lowest BCUT2D eigenvalue weighted by Gasteiger charge is -2.14. The minimum absolute atomic E-state index is 0. The molecule has 1 aromatic heterocycles. The van der Waals surface area contributed by atoms with E-state index in [0.717, 1.165) is 34.2 Å². The summed E-state index contributed by atoms with van der Waals surface area (Å²) in [6.45, 7) is 1.26. The second-order valence-electron chi connectivity index (χ2n) is 5.84. The van der Waals surface area contributed by atoms with E-state index in [1.807, 2.05) is 30.3 Å². The van der Waals surface area contributed by atoms with E-state index in [2.05, 4.69) is 38.8 Å². The van der Waals surface area contributed by atoms with Crippen LogP contribution in [0.15, 0.2) is 53.5 Å². The number of halogens is 1. The lowest BCUT2D eigenvalue weighted by Crippen LogP contribution is -2.36. The Kier molecular flexibility index (Phi) is 7.78. The molecule has 27 heavy (non-hydrogen) atoms. The second-order valence-corrected chi connectivity index (χ2v) is 5.84. The highest BCUT2D eigenvalue weighted by atomic mass is 127. The summed E-state index contributed by atoms with van der Waals surface area (Å²) in [4.78, 5) is 7.68. The number of fused-ring (bicyclic) bond motifs is 1. The Labute approximate surface area is 176 Å². The maximum atomic E-state index is 5.43. The molecule has 1 heterocycles. The van der Waals surface area contributed by atoms with Crippen LogP contribution in [0.5, 0.6) is 11.5 Å². The topological polar surface area (TPSA) is 70.7 Å². The molecule has 0 unspecified atom stereocenters. The molecular weight excluding hydrogens is 455 g/mol. The summed E-state index contributed by atoms with van der Waals surface area (Å²) >= 11 is 0. The van der Waals surface area contributed by atoms with Crippen molar-refractivity contribution in [1.29, 1.82) is 0 Å². The van der Waals surface area contributed by atoms with E-state index >= 15 is 0 Å². The van der Waals surface area contributed by atoms with Gasteiger partial charge in [-0.15, -0.1) is 24.0 Å². The summed E-state index contributed by atoms with van der Waals surface area (Å²) in [5.74, 6) is 2.27. The van der Waals surface area contributed by atoms with Crippen LogP contribution in [0.25, 0.3) is 10.9 Å². The molecule has 0 atom stereocenters. The molecule has 0 amide bonds. The van der Waals surface area contributed by atoms with Gasteiger partial charge in [-0.1, -0.05) is 18.2 Å². The first-order valence-corrected chi connectivity index (χ1v) is 8.45. The van der Waals surface area contributed by atoms with Crippen molar-refractivity contribution in [3.05, 3.63) is 59.8 Å². The van der Waals surface area contributed by atoms with Crippen molar-refractivity contribution in [2.24, 2.45) is 4.99 Å². The first-order chi connectivity index (χ1) is 12.7. The molecule has 0 spiro atoms. The molecule has 0 aliphatic carbocycles. The van der Waals surface area contributed by atoms with Crippen LogP contribution < -0.4 is 20.1 Å². The largest absolute Gasteiger partial charge is 0.497 e. The number of nitrogens with one attached hydrogen (secondary N) is 3. The molecule has 2 aromatic carbocycles. The van der Waals surface area contributed by atoms with Crippen molar-refractivity contribution >= 4 is 40.8 Å². The Morgan fingerprint density at radius 2 is 1.78 bits per heavy atom. The van der Waals surface area contributed by atoms with Crippen LogP contribution in [0.1, 0.15) is 11.3 Å². The molecule has 3 aromatic rings. The van der Waals surface area contributed by atoms with E-state index < -0.39 is 0 Å². The van der Waals surface area contributed by atoms with Crippen molar-refractivity contribution in [3.63, 3.8) is 0 Å². The van der Waals surface area contributed by atoms with E-state index in [0.29, 0.717) is 13.1 Å². The molecule has 0 saturated carbocycles. The number of methoxy groups -OCH3 is 2. The van der Waals surface area contributed by atoms with Gasteiger partial charge in [0.25, 0.3) is 0 Å². The number of para-hydroxylation sites is 1. The van der Waals surface area contributed by atoms with Crippen LogP contribution in [0, 0.1) is 0 Å². The number of aromatic nitrogens is 1. The van der Waals surface area contributed by atoms with Crippen molar-refractivity contribution in [3.8, 4) is 11.5 Å². The quantitative estimate of drug-likeness (QED) is 0.286. The van der Waals surface area contributed by atoms with E-state index in [1.54, 1.807) is 21.3 Å². The minimum Gasteiger partial charge on any atom is -0.497 e. The molecule has 7 heteroatoms. The standard InChI is InChI=1S/C20H24N4O2.HI/c1-21-20(22-12-15-8-9-17(25-2)11-19(15)26-3)23-13-16-10-14-6-4-5-7-18(14)24-16;/h4-11,24H,12-13H2,1-3H3,(H2,21,22,23);1H. The predicted molar refractivity (Wildman–Crippen MR) is 120 cm³/mol. The van der Waals surface area contributed by atoms with Gasteiger partial charge in [-0.2, -0.15) is 0 Å². The molecule has 0 radical (unpaired) electrons. The maximum absolute atomic E-state index is 5.43. The van der Waals surface area contributed by atoms with Crippen LogP contribution in [0.4, 0.5) is 0 Å². The van der Waals surface area contributed by atoms with E-state index in [9.17, 15) is 0 Å². The van der Waals surface area contributed by atoms with Crippen LogP contribution in [-0.4, -0.2) is 32.2 Å². The summed E-state index contributed by atoms with van der Waals surface area (Å²) in [6, 6.07) is 16.1. The molecule has 6 nitrogen and oxygen atoms in total. The molecule has 0 bridgehead atoms. The Bertz CT molecular complexity index is 875. The highest BCUT2D eigenvalue weighted by molar-refractivity contribution is 14.0. The fraction of sp³-hybridized carbons (Fsp3) is 0.250. The van der Waals surface area contributed by atoms with E-state index in [1.165, 1.54) is 5.39 Å². The number of H-pyrrole nitrogens is 1. The first kappa shape index (κ1) is 20.9. The summed E-state index contributed by atoms with van der Waals surface area (Å²) in [5.41, 5.74) is 3.27. The first-order valence-electron chi connectivity index (χ1n) is 8.45. The highest BCUT2D eigenvalue weighted by Gasteiger charge is 2.07. The third-order valence-corrected chi connectivity index (χ3v) is 4.20. The van der Waals surface area contributed by atoms with Gasteiger partial charge < -0.3 is 25.1 Å². The fourth-order valence-electron chi connectivity index (χ4n) is 2.81. The molecule has 144 valence electrons. The monoisotopic (exact) mass is 480 g/mol.